The van der Waals surface area contributed by atoms with Crippen molar-refractivity contribution in [2.75, 3.05) is 26.2 Å². The van der Waals surface area contributed by atoms with Gasteiger partial charge in [0, 0.05) is 55.3 Å². The summed E-state index contributed by atoms with van der Waals surface area (Å²) in [5, 5.41) is 1.06. The van der Waals surface area contributed by atoms with Gasteiger partial charge in [-0.1, -0.05) is 24.3 Å². The summed E-state index contributed by atoms with van der Waals surface area (Å²) in [7, 11) is 0. The van der Waals surface area contributed by atoms with E-state index in [4.69, 9.17) is 0 Å². The Morgan fingerprint density at radius 1 is 0.963 bits per heavy atom. The Morgan fingerprint density at radius 2 is 1.70 bits per heavy atom. The Kier molecular flexibility index (Phi) is 5.19. The highest BCUT2D eigenvalue weighted by Gasteiger charge is 2.30. The van der Waals surface area contributed by atoms with E-state index in [1.165, 1.54) is 0 Å². The first-order valence-corrected chi connectivity index (χ1v) is 9.82. The molecule has 2 aliphatic heterocycles. The fourth-order valence-corrected chi connectivity index (χ4v) is 4.07. The number of likely N-dealkylation sites (tertiary alicyclic amines) is 2. The summed E-state index contributed by atoms with van der Waals surface area (Å²) >= 11 is 0. The summed E-state index contributed by atoms with van der Waals surface area (Å²) in [4.78, 5) is 33.3. The van der Waals surface area contributed by atoms with E-state index >= 15 is 0 Å². The monoisotopic (exact) mass is 363 g/mol. The largest absolute Gasteiger partial charge is 0.342 e. The van der Waals surface area contributed by atoms with Crippen LogP contribution in [0.2, 0.25) is 0 Å². The molecule has 0 aliphatic carbocycles. The molecule has 0 N–H and O–H groups in total. The van der Waals surface area contributed by atoms with Crippen LogP contribution < -0.4 is 0 Å². The normalized spacial score (nSPS) is 18.5. The lowest BCUT2D eigenvalue weighted by molar-refractivity contribution is -0.138. The third-order valence-electron chi connectivity index (χ3n) is 5.64. The maximum Gasteiger partial charge on any atom is 0.246 e. The molecule has 2 amide bonds. The van der Waals surface area contributed by atoms with Crippen LogP contribution >= 0.6 is 0 Å². The molecule has 0 atom stereocenters. The number of rotatable bonds is 3. The van der Waals surface area contributed by atoms with Crippen molar-refractivity contribution in [3.63, 3.8) is 0 Å². The minimum absolute atomic E-state index is 0.00926. The van der Waals surface area contributed by atoms with Crippen LogP contribution in [0.25, 0.3) is 17.0 Å². The highest BCUT2D eigenvalue weighted by atomic mass is 16.2. The minimum Gasteiger partial charge on any atom is -0.342 e. The first-order valence-electron chi connectivity index (χ1n) is 9.82. The zero-order chi connectivity index (χ0) is 18.6. The smallest absolute Gasteiger partial charge is 0.246 e. The van der Waals surface area contributed by atoms with Crippen LogP contribution in [-0.2, 0) is 9.59 Å². The topological polar surface area (TPSA) is 53.5 Å². The Bertz CT molecular complexity index is 857. The van der Waals surface area contributed by atoms with Crippen molar-refractivity contribution in [3.05, 3.63) is 48.2 Å². The van der Waals surface area contributed by atoms with Crippen LogP contribution in [0.4, 0.5) is 0 Å². The molecule has 5 heteroatoms. The number of pyridine rings is 1. The molecule has 0 saturated carbocycles. The summed E-state index contributed by atoms with van der Waals surface area (Å²) in [6, 6.07) is 9.89. The van der Waals surface area contributed by atoms with E-state index in [0.717, 1.165) is 55.2 Å². The van der Waals surface area contributed by atoms with Crippen LogP contribution in [0, 0.1) is 5.92 Å². The van der Waals surface area contributed by atoms with Crippen molar-refractivity contribution in [1.29, 1.82) is 0 Å². The highest BCUT2D eigenvalue weighted by molar-refractivity contribution is 5.95. The number of carbonyl (C=O) groups is 2. The van der Waals surface area contributed by atoms with Crippen molar-refractivity contribution >= 4 is 28.8 Å². The van der Waals surface area contributed by atoms with Crippen LogP contribution in [0.15, 0.2) is 42.6 Å². The first-order chi connectivity index (χ1) is 13.2. The van der Waals surface area contributed by atoms with Gasteiger partial charge in [0.1, 0.15) is 0 Å². The van der Waals surface area contributed by atoms with E-state index in [0.29, 0.717) is 13.1 Å². The Hall–Kier alpha value is -2.69. The second-order valence-electron chi connectivity index (χ2n) is 7.39. The van der Waals surface area contributed by atoms with Crippen molar-refractivity contribution < 1.29 is 9.59 Å². The molecule has 2 aromatic rings. The first kappa shape index (κ1) is 17.7. The lowest BCUT2D eigenvalue weighted by Gasteiger charge is -2.32. The molecule has 2 fully saturated rings. The van der Waals surface area contributed by atoms with Gasteiger partial charge >= 0.3 is 0 Å². The Labute approximate surface area is 159 Å². The van der Waals surface area contributed by atoms with Gasteiger partial charge in [-0.3, -0.25) is 14.6 Å². The number of carbonyl (C=O) groups excluding carboxylic acids is 2. The van der Waals surface area contributed by atoms with E-state index in [1.807, 2.05) is 46.2 Å². The van der Waals surface area contributed by atoms with Crippen LogP contribution in [0.1, 0.15) is 31.2 Å². The molecule has 27 heavy (non-hydrogen) atoms. The molecule has 0 radical (unpaired) electrons. The minimum atomic E-state index is 0.00926. The van der Waals surface area contributed by atoms with Gasteiger partial charge < -0.3 is 9.80 Å². The number of para-hydroxylation sites is 1. The molecule has 0 bridgehead atoms. The maximum atomic E-state index is 12.6. The van der Waals surface area contributed by atoms with Gasteiger partial charge in [-0.15, -0.1) is 0 Å². The molecular weight excluding hydrogens is 338 g/mol. The number of aromatic nitrogens is 1. The Balaban J connectivity index is 1.36. The van der Waals surface area contributed by atoms with Gasteiger partial charge in [0.15, 0.2) is 0 Å². The molecule has 140 valence electrons. The lowest BCUT2D eigenvalue weighted by atomic mass is 9.95. The lowest BCUT2D eigenvalue weighted by Crippen LogP contribution is -2.43. The number of amides is 2. The molecule has 2 saturated heterocycles. The predicted octanol–water partition coefficient (Wildman–Crippen LogP) is 3.11. The van der Waals surface area contributed by atoms with Gasteiger partial charge in [-0.05, 0) is 37.8 Å². The van der Waals surface area contributed by atoms with E-state index in [9.17, 15) is 9.59 Å². The van der Waals surface area contributed by atoms with Crippen LogP contribution in [0.3, 0.4) is 0 Å². The fraction of sp³-hybridized carbons (Fsp3) is 0.409. The number of hydrogen-bond acceptors (Lipinski definition) is 3. The number of nitrogens with zero attached hydrogens (tertiary/aromatic N) is 3. The molecule has 0 spiro atoms. The zero-order valence-electron chi connectivity index (χ0n) is 15.5. The molecule has 4 rings (SSSR count). The predicted molar refractivity (Wildman–Crippen MR) is 106 cm³/mol. The molecule has 3 heterocycles. The molecule has 1 aromatic carbocycles. The van der Waals surface area contributed by atoms with Gasteiger partial charge in [0.25, 0.3) is 0 Å². The summed E-state index contributed by atoms with van der Waals surface area (Å²) in [5.74, 6) is 0.380. The maximum absolute atomic E-state index is 12.6. The van der Waals surface area contributed by atoms with Crippen molar-refractivity contribution in [1.82, 2.24) is 14.8 Å². The zero-order valence-corrected chi connectivity index (χ0v) is 15.5. The summed E-state index contributed by atoms with van der Waals surface area (Å²) in [6.07, 6.45) is 9.03. The fourth-order valence-electron chi connectivity index (χ4n) is 4.07. The van der Waals surface area contributed by atoms with E-state index in [1.54, 1.807) is 12.3 Å². The SMILES string of the molecule is O=C(/C=C/c1cccc2cccnc12)N1CCC(C(=O)N2CCCC2)CC1. The average Bonchev–Trinajstić information content (AvgIpc) is 3.26. The second-order valence-corrected chi connectivity index (χ2v) is 7.39. The molecule has 0 unspecified atom stereocenters. The van der Waals surface area contributed by atoms with Crippen molar-refractivity contribution in [2.24, 2.45) is 5.92 Å². The summed E-state index contributed by atoms with van der Waals surface area (Å²) < 4.78 is 0. The molecule has 1 aromatic heterocycles. The number of fused-ring (bicyclic) bond motifs is 1. The quantitative estimate of drug-likeness (QED) is 0.788. The standard InChI is InChI=1S/C22H25N3O2/c26-20(9-8-18-6-3-5-17-7-4-12-23-21(17)18)24-15-10-19(11-16-24)22(27)25-13-1-2-14-25/h3-9,12,19H,1-2,10-11,13-16H2/b9-8+. The third-order valence-corrected chi connectivity index (χ3v) is 5.64. The van der Waals surface area contributed by atoms with Crippen LogP contribution in [0.5, 0.6) is 0 Å². The molecular formula is C22H25N3O2. The van der Waals surface area contributed by atoms with E-state index in [-0.39, 0.29) is 17.7 Å². The Morgan fingerprint density at radius 3 is 2.48 bits per heavy atom. The second kappa shape index (κ2) is 7.91. The van der Waals surface area contributed by atoms with E-state index in [2.05, 4.69) is 4.98 Å². The van der Waals surface area contributed by atoms with Crippen LogP contribution in [-0.4, -0.2) is 52.8 Å². The summed E-state index contributed by atoms with van der Waals surface area (Å²) in [5.41, 5.74) is 1.85. The van der Waals surface area contributed by atoms with Gasteiger partial charge in [-0.2, -0.15) is 0 Å². The van der Waals surface area contributed by atoms with Gasteiger partial charge in [0.05, 0.1) is 5.52 Å². The third kappa shape index (κ3) is 3.87. The molecule has 2 aliphatic rings. The van der Waals surface area contributed by atoms with E-state index < -0.39 is 0 Å². The number of piperidine rings is 1. The van der Waals surface area contributed by atoms with Gasteiger partial charge in [-0.25, -0.2) is 0 Å². The molecule has 5 nitrogen and oxygen atoms in total. The number of benzene rings is 1. The van der Waals surface area contributed by atoms with Gasteiger partial charge in [0.2, 0.25) is 11.8 Å². The number of hydrogen-bond donors (Lipinski definition) is 0. The summed E-state index contributed by atoms with van der Waals surface area (Å²) in [6.45, 7) is 3.11. The average molecular weight is 363 g/mol. The van der Waals surface area contributed by atoms with Crippen molar-refractivity contribution in [2.45, 2.75) is 25.7 Å². The highest BCUT2D eigenvalue weighted by Crippen LogP contribution is 2.23. The van der Waals surface area contributed by atoms with Crippen molar-refractivity contribution in [3.8, 4) is 0 Å².